The van der Waals surface area contributed by atoms with Crippen LogP contribution in [0.25, 0.3) is 0 Å². The van der Waals surface area contributed by atoms with Gasteiger partial charge >= 0.3 is 0 Å². The summed E-state index contributed by atoms with van der Waals surface area (Å²) in [5, 5.41) is 4.30. The first kappa shape index (κ1) is 25.0. The Bertz CT molecular complexity index is 1390. The van der Waals surface area contributed by atoms with Gasteiger partial charge in [-0.25, -0.2) is 4.99 Å². The van der Waals surface area contributed by atoms with Crippen LogP contribution in [-0.2, 0) is 21.9 Å². The number of methoxy groups -OCH3 is 1. The van der Waals surface area contributed by atoms with Crippen molar-refractivity contribution in [3.63, 3.8) is 0 Å². The lowest BCUT2D eigenvalue weighted by atomic mass is 10.1. The molecule has 2 aliphatic heterocycles. The van der Waals surface area contributed by atoms with Crippen LogP contribution in [0.5, 0.6) is 5.75 Å². The standard InChI is InChI=1S/C28H25ClN4O3S/c1-36-24-9-5-2-6-19(24)16-30-25(34)15-14-23-27(35)32-26-21-7-3-4-8-22(21)31-28(33(23)26)37-17-18-10-12-20(29)13-11-18/h2-13,23H,14-17H2,1H3,(H,30,34). The zero-order valence-electron chi connectivity index (χ0n) is 20.2. The maximum absolute atomic E-state index is 13.0. The van der Waals surface area contributed by atoms with Crippen molar-refractivity contribution in [3.8, 4) is 5.75 Å². The van der Waals surface area contributed by atoms with Gasteiger partial charge in [0.25, 0.3) is 5.91 Å². The third-order valence-corrected chi connectivity index (χ3v) is 7.48. The fraction of sp³-hybridized carbons (Fsp3) is 0.214. The number of hydrogen-bond acceptors (Lipinski definition) is 6. The van der Waals surface area contributed by atoms with Crippen LogP contribution in [-0.4, -0.2) is 40.9 Å². The molecule has 5 rings (SSSR count). The summed E-state index contributed by atoms with van der Waals surface area (Å²) in [6, 6.07) is 22.3. The molecule has 2 heterocycles. The van der Waals surface area contributed by atoms with Gasteiger partial charge in [-0.3, -0.25) is 14.5 Å². The normalized spacial score (nSPS) is 16.0. The minimum Gasteiger partial charge on any atom is -0.496 e. The number of amides is 2. The number of aliphatic imine (C=N–C) groups is 2. The number of amidine groups is 2. The Labute approximate surface area is 224 Å². The van der Waals surface area contributed by atoms with Gasteiger partial charge in [-0.05, 0) is 42.3 Å². The van der Waals surface area contributed by atoms with E-state index in [4.69, 9.17) is 21.3 Å². The summed E-state index contributed by atoms with van der Waals surface area (Å²) < 4.78 is 5.35. The van der Waals surface area contributed by atoms with Crippen LogP contribution in [0.4, 0.5) is 5.69 Å². The summed E-state index contributed by atoms with van der Waals surface area (Å²) in [4.78, 5) is 36.9. The number of nitrogens with zero attached hydrogens (tertiary/aromatic N) is 3. The lowest BCUT2D eigenvalue weighted by molar-refractivity contribution is -0.122. The van der Waals surface area contributed by atoms with Crippen LogP contribution in [0.3, 0.4) is 0 Å². The summed E-state index contributed by atoms with van der Waals surface area (Å²) in [6.07, 6.45) is 0.508. The van der Waals surface area contributed by atoms with Gasteiger partial charge in [-0.1, -0.05) is 65.8 Å². The molecule has 7 nitrogen and oxygen atoms in total. The van der Waals surface area contributed by atoms with Gasteiger partial charge < -0.3 is 10.1 Å². The first-order chi connectivity index (χ1) is 18.0. The molecular weight excluding hydrogens is 508 g/mol. The molecule has 188 valence electrons. The minimum atomic E-state index is -0.586. The summed E-state index contributed by atoms with van der Waals surface area (Å²) >= 11 is 7.56. The number of fused-ring (bicyclic) bond motifs is 3. The molecular formula is C28H25ClN4O3S. The van der Waals surface area contributed by atoms with E-state index in [1.165, 1.54) is 11.8 Å². The van der Waals surface area contributed by atoms with Crippen LogP contribution in [0.15, 0.2) is 82.8 Å². The van der Waals surface area contributed by atoms with Gasteiger partial charge in [0.15, 0.2) is 5.17 Å². The van der Waals surface area contributed by atoms with Crippen molar-refractivity contribution in [2.24, 2.45) is 9.98 Å². The maximum Gasteiger partial charge on any atom is 0.270 e. The van der Waals surface area contributed by atoms with Crippen LogP contribution in [0.1, 0.15) is 29.5 Å². The Morgan fingerprint density at radius 1 is 1.05 bits per heavy atom. The first-order valence-electron chi connectivity index (χ1n) is 11.9. The highest BCUT2D eigenvalue weighted by atomic mass is 35.5. The molecule has 37 heavy (non-hydrogen) atoms. The summed E-state index contributed by atoms with van der Waals surface area (Å²) in [6.45, 7) is 0.351. The number of rotatable bonds is 8. The smallest absolute Gasteiger partial charge is 0.270 e. The van der Waals surface area contributed by atoms with Gasteiger partial charge in [-0.2, -0.15) is 4.99 Å². The van der Waals surface area contributed by atoms with Gasteiger partial charge in [-0.15, -0.1) is 0 Å². The Morgan fingerprint density at radius 2 is 1.81 bits per heavy atom. The zero-order chi connectivity index (χ0) is 25.8. The average molecular weight is 533 g/mol. The third-order valence-electron chi connectivity index (χ3n) is 6.20. The topological polar surface area (TPSA) is 83.4 Å². The predicted molar refractivity (Wildman–Crippen MR) is 148 cm³/mol. The predicted octanol–water partition coefficient (Wildman–Crippen LogP) is 5.34. The van der Waals surface area contributed by atoms with Crippen molar-refractivity contribution >= 4 is 51.9 Å². The zero-order valence-corrected chi connectivity index (χ0v) is 21.8. The Morgan fingerprint density at radius 3 is 2.62 bits per heavy atom. The summed E-state index contributed by atoms with van der Waals surface area (Å²) in [5.41, 5.74) is 3.57. The molecule has 3 aromatic rings. The number of halogens is 1. The number of nitrogens with one attached hydrogen (secondary N) is 1. The highest BCUT2D eigenvalue weighted by Crippen LogP contribution is 2.36. The molecule has 0 radical (unpaired) electrons. The van der Waals surface area contributed by atoms with Gasteiger partial charge in [0.2, 0.25) is 5.91 Å². The van der Waals surface area contributed by atoms with Crippen LogP contribution < -0.4 is 10.1 Å². The number of hydrogen-bond donors (Lipinski definition) is 1. The van der Waals surface area contributed by atoms with Gasteiger partial charge in [0.1, 0.15) is 17.6 Å². The van der Waals surface area contributed by atoms with Crippen molar-refractivity contribution < 1.29 is 14.3 Å². The van der Waals surface area contributed by atoms with Crippen molar-refractivity contribution in [3.05, 3.63) is 94.5 Å². The van der Waals surface area contributed by atoms with Crippen molar-refractivity contribution in [2.45, 2.75) is 31.2 Å². The lowest BCUT2D eigenvalue weighted by Gasteiger charge is -2.31. The van der Waals surface area contributed by atoms with Gasteiger partial charge in [0.05, 0.1) is 12.8 Å². The number of para-hydroxylation sites is 2. The number of ether oxygens (including phenoxy) is 1. The highest BCUT2D eigenvalue weighted by Gasteiger charge is 2.41. The second-order valence-electron chi connectivity index (χ2n) is 8.61. The van der Waals surface area contributed by atoms with Crippen molar-refractivity contribution in [1.29, 1.82) is 0 Å². The minimum absolute atomic E-state index is 0.142. The van der Waals surface area contributed by atoms with E-state index in [2.05, 4.69) is 10.3 Å². The quantitative estimate of drug-likeness (QED) is 0.423. The number of carbonyl (C=O) groups excluding carboxylic acids is 2. The van der Waals surface area contributed by atoms with E-state index < -0.39 is 6.04 Å². The molecule has 2 amide bonds. The number of carbonyl (C=O) groups is 2. The molecule has 0 aromatic heterocycles. The van der Waals surface area contributed by atoms with E-state index in [-0.39, 0.29) is 18.2 Å². The molecule has 1 unspecified atom stereocenters. The van der Waals surface area contributed by atoms with Crippen LogP contribution in [0.2, 0.25) is 5.02 Å². The molecule has 0 bridgehead atoms. The van der Waals surface area contributed by atoms with E-state index >= 15 is 0 Å². The largest absolute Gasteiger partial charge is 0.496 e. The molecule has 0 saturated carbocycles. The average Bonchev–Trinajstić information content (AvgIpc) is 3.26. The second kappa shape index (κ2) is 11.2. The molecule has 0 saturated heterocycles. The molecule has 2 aliphatic rings. The fourth-order valence-corrected chi connectivity index (χ4v) is 5.43. The van der Waals surface area contributed by atoms with E-state index in [1.807, 2.05) is 77.7 Å². The first-order valence-corrected chi connectivity index (χ1v) is 13.3. The summed E-state index contributed by atoms with van der Waals surface area (Å²) in [5.74, 6) is 1.56. The molecule has 1 N–H and O–H groups in total. The third kappa shape index (κ3) is 5.55. The van der Waals surface area contributed by atoms with Crippen molar-refractivity contribution in [1.82, 2.24) is 10.2 Å². The molecule has 3 aromatic carbocycles. The van der Waals surface area contributed by atoms with Crippen LogP contribution >= 0.6 is 23.4 Å². The number of thioether (sulfide) groups is 1. The molecule has 1 atom stereocenters. The second-order valence-corrected chi connectivity index (χ2v) is 9.99. The fourth-order valence-electron chi connectivity index (χ4n) is 4.30. The Balaban J connectivity index is 1.29. The van der Waals surface area contributed by atoms with E-state index in [9.17, 15) is 9.59 Å². The Hall–Kier alpha value is -3.62. The maximum atomic E-state index is 13.0. The lowest BCUT2D eigenvalue weighted by Crippen LogP contribution is -2.44. The monoisotopic (exact) mass is 532 g/mol. The van der Waals surface area contributed by atoms with E-state index in [0.29, 0.717) is 34.7 Å². The molecule has 0 aliphatic carbocycles. The SMILES string of the molecule is COc1ccccc1CNC(=O)CCC1C(=O)N=C2c3ccccc3N=C(SCc3ccc(Cl)cc3)N21. The van der Waals surface area contributed by atoms with E-state index in [0.717, 1.165) is 28.1 Å². The van der Waals surface area contributed by atoms with Gasteiger partial charge in [0, 0.05) is 34.9 Å². The number of benzene rings is 3. The molecule has 0 fully saturated rings. The van der Waals surface area contributed by atoms with E-state index in [1.54, 1.807) is 7.11 Å². The summed E-state index contributed by atoms with van der Waals surface area (Å²) in [7, 11) is 1.60. The Kier molecular flexibility index (Phi) is 7.58. The van der Waals surface area contributed by atoms with Crippen LogP contribution in [0, 0.1) is 0 Å². The molecule has 0 spiro atoms. The highest BCUT2D eigenvalue weighted by molar-refractivity contribution is 8.13. The molecule has 9 heteroatoms. The van der Waals surface area contributed by atoms with Crippen molar-refractivity contribution in [2.75, 3.05) is 7.11 Å².